The van der Waals surface area contributed by atoms with E-state index in [4.69, 9.17) is 16.3 Å². The SMILES string of the molecule is O=C(OC(Cl)c1ccccc1)ON1C(=O)CCC1=O. The number of hydroxylamine groups is 2. The highest BCUT2D eigenvalue weighted by molar-refractivity contribution is 6.20. The Kier molecular flexibility index (Phi) is 4.01. The second kappa shape index (κ2) is 5.71. The van der Waals surface area contributed by atoms with Crippen molar-refractivity contribution in [2.24, 2.45) is 0 Å². The number of ether oxygens (including phenoxy) is 1. The van der Waals surface area contributed by atoms with Gasteiger partial charge < -0.3 is 4.74 Å². The second-order valence-electron chi connectivity index (χ2n) is 3.77. The van der Waals surface area contributed by atoms with Gasteiger partial charge in [0.25, 0.3) is 11.8 Å². The molecule has 0 radical (unpaired) electrons. The summed E-state index contributed by atoms with van der Waals surface area (Å²) in [6.45, 7) is 0. The number of rotatable bonds is 3. The van der Waals surface area contributed by atoms with Crippen LogP contribution in [-0.2, 0) is 19.2 Å². The molecule has 6 nitrogen and oxygen atoms in total. The number of halogens is 1. The van der Waals surface area contributed by atoms with Gasteiger partial charge in [0.2, 0.25) is 5.56 Å². The normalized spacial score (nSPS) is 16.4. The molecule has 0 aromatic heterocycles. The topological polar surface area (TPSA) is 72.9 Å². The van der Waals surface area contributed by atoms with Crippen LogP contribution in [0.5, 0.6) is 0 Å². The third kappa shape index (κ3) is 3.23. The Morgan fingerprint density at radius 3 is 2.32 bits per heavy atom. The fourth-order valence-electron chi connectivity index (χ4n) is 1.51. The molecule has 1 aromatic rings. The molecule has 1 aromatic carbocycles. The fourth-order valence-corrected chi connectivity index (χ4v) is 1.73. The van der Waals surface area contributed by atoms with Crippen LogP contribution in [0.3, 0.4) is 0 Å². The zero-order valence-electron chi connectivity index (χ0n) is 9.74. The van der Waals surface area contributed by atoms with Gasteiger partial charge in [-0.2, -0.15) is 0 Å². The Morgan fingerprint density at radius 2 is 1.74 bits per heavy atom. The maximum Gasteiger partial charge on any atom is 0.535 e. The van der Waals surface area contributed by atoms with Crippen LogP contribution in [0.1, 0.15) is 24.0 Å². The van der Waals surface area contributed by atoms with Crippen molar-refractivity contribution in [2.45, 2.75) is 18.4 Å². The molecule has 2 rings (SSSR count). The summed E-state index contributed by atoms with van der Waals surface area (Å²) in [4.78, 5) is 38.3. The molecular weight excluding hydrogens is 274 g/mol. The molecule has 0 bridgehead atoms. The molecule has 100 valence electrons. The van der Waals surface area contributed by atoms with Crippen molar-refractivity contribution in [3.05, 3.63) is 35.9 Å². The van der Waals surface area contributed by atoms with Crippen molar-refractivity contribution >= 4 is 29.6 Å². The van der Waals surface area contributed by atoms with Gasteiger partial charge in [0.1, 0.15) is 0 Å². The molecule has 1 heterocycles. The van der Waals surface area contributed by atoms with E-state index in [0.29, 0.717) is 10.6 Å². The summed E-state index contributed by atoms with van der Waals surface area (Å²) in [5.41, 5.74) is -0.498. The number of hydrogen-bond acceptors (Lipinski definition) is 5. The number of imide groups is 1. The van der Waals surface area contributed by atoms with Crippen LogP contribution in [0.25, 0.3) is 0 Å². The standard InChI is InChI=1S/C12H10ClNO5/c13-11(8-4-2-1-3-5-8)18-12(17)19-14-9(15)6-7-10(14)16/h1-5,11H,6-7H2. The zero-order valence-corrected chi connectivity index (χ0v) is 10.5. The molecule has 1 atom stereocenters. The van der Waals surface area contributed by atoms with Crippen LogP contribution < -0.4 is 0 Å². The van der Waals surface area contributed by atoms with Gasteiger partial charge in [-0.05, 0) is 0 Å². The van der Waals surface area contributed by atoms with Crippen molar-refractivity contribution in [3.63, 3.8) is 0 Å². The third-order valence-corrected chi connectivity index (χ3v) is 2.77. The van der Waals surface area contributed by atoms with Crippen LogP contribution in [0.15, 0.2) is 30.3 Å². The molecule has 19 heavy (non-hydrogen) atoms. The number of hydrogen-bond donors (Lipinski definition) is 0. The van der Waals surface area contributed by atoms with Gasteiger partial charge in [-0.25, -0.2) is 4.79 Å². The van der Waals surface area contributed by atoms with Gasteiger partial charge >= 0.3 is 6.16 Å². The molecular formula is C12H10ClNO5. The van der Waals surface area contributed by atoms with Crippen LogP contribution in [0.4, 0.5) is 4.79 Å². The van der Waals surface area contributed by atoms with E-state index in [1.54, 1.807) is 30.3 Å². The Bertz CT molecular complexity index is 488. The molecule has 1 unspecified atom stereocenters. The Morgan fingerprint density at radius 1 is 1.16 bits per heavy atom. The predicted octanol–water partition coefficient (Wildman–Crippen LogP) is 2.14. The lowest BCUT2D eigenvalue weighted by atomic mass is 10.2. The van der Waals surface area contributed by atoms with E-state index in [1.807, 2.05) is 0 Å². The average Bonchev–Trinajstić information content (AvgIpc) is 2.71. The molecule has 0 spiro atoms. The Balaban J connectivity index is 1.91. The monoisotopic (exact) mass is 283 g/mol. The summed E-state index contributed by atoms with van der Waals surface area (Å²) >= 11 is 5.85. The van der Waals surface area contributed by atoms with Gasteiger partial charge in [-0.1, -0.05) is 47.0 Å². The van der Waals surface area contributed by atoms with Crippen LogP contribution in [0, 0.1) is 0 Å². The van der Waals surface area contributed by atoms with E-state index in [2.05, 4.69) is 4.84 Å². The Hall–Kier alpha value is -2.08. The summed E-state index contributed by atoms with van der Waals surface area (Å²) in [5.74, 6) is -1.15. The number of carbonyl (C=O) groups excluding carboxylic acids is 3. The lowest BCUT2D eigenvalue weighted by Gasteiger charge is -2.15. The highest BCUT2D eigenvalue weighted by Crippen LogP contribution is 2.22. The summed E-state index contributed by atoms with van der Waals surface area (Å²) in [6, 6.07) is 8.57. The quantitative estimate of drug-likeness (QED) is 0.483. The van der Waals surface area contributed by atoms with Gasteiger partial charge in [0.05, 0.1) is 0 Å². The van der Waals surface area contributed by atoms with Crippen LogP contribution >= 0.6 is 11.6 Å². The van der Waals surface area contributed by atoms with Crippen LogP contribution in [-0.4, -0.2) is 23.0 Å². The van der Waals surface area contributed by atoms with Crippen molar-refractivity contribution in [3.8, 4) is 0 Å². The molecule has 0 saturated carbocycles. The smallest absolute Gasteiger partial charge is 0.408 e. The lowest BCUT2D eigenvalue weighted by Crippen LogP contribution is -2.32. The largest absolute Gasteiger partial charge is 0.535 e. The molecule has 1 fully saturated rings. The van der Waals surface area contributed by atoms with Gasteiger partial charge in [0, 0.05) is 18.4 Å². The predicted molar refractivity (Wildman–Crippen MR) is 63.7 cm³/mol. The molecule has 0 aliphatic carbocycles. The number of nitrogens with zero attached hydrogens (tertiary/aromatic N) is 1. The second-order valence-corrected chi connectivity index (χ2v) is 4.16. The van der Waals surface area contributed by atoms with Gasteiger partial charge in [-0.15, -0.1) is 0 Å². The summed E-state index contributed by atoms with van der Waals surface area (Å²) in [5, 5.41) is 0.400. The first-order valence-electron chi connectivity index (χ1n) is 5.51. The molecule has 1 aliphatic rings. The summed E-state index contributed by atoms with van der Waals surface area (Å²) in [7, 11) is 0. The van der Waals surface area contributed by atoms with E-state index in [1.165, 1.54) is 0 Å². The first-order chi connectivity index (χ1) is 9.08. The average molecular weight is 284 g/mol. The number of carbonyl (C=O) groups is 3. The maximum absolute atomic E-state index is 11.4. The molecule has 7 heteroatoms. The number of amides is 2. The van der Waals surface area contributed by atoms with E-state index in [9.17, 15) is 14.4 Å². The van der Waals surface area contributed by atoms with Gasteiger partial charge in [0.15, 0.2) is 0 Å². The van der Waals surface area contributed by atoms with Crippen molar-refractivity contribution < 1.29 is 24.0 Å². The van der Waals surface area contributed by atoms with Gasteiger partial charge in [-0.3, -0.25) is 14.4 Å². The van der Waals surface area contributed by atoms with E-state index in [-0.39, 0.29) is 12.8 Å². The minimum absolute atomic E-state index is 0.0229. The molecule has 2 amide bonds. The maximum atomic E-state index is 11.4. The van der Waals surface area contributed by atoms with E-state index < -0.39 is 23.5 Å². The Labute approximate surface area is 113 Å². The first kappa shape index (κ1) is 13.4. The van der Waals surface area contributed by atoms with Crippen molar-refractivity contribution in [1.29, 1.82) is 0 Å². The molecule has 0 N–H and O–H groups in total. The number of alkyl halides is 1. The van der Waals surface area contributed by atoms with E-state index >= 15 is 0 Å². The minimum atomic E-state index is -1.20. The molecule has 1 saturated heterocycles. The zero-order chi connectivity index (χ0) is 13.8. The highest BCUT2D eigenvalue weighted by atomic mass is 35.5. The summed E-state index contributed by atoms with van der Waals surface area (Å²) in [6.07, 6.45) is -1.16. The third-order valence-electron chi connectivity index (χ3n) is 2.43. The highest BCUT2D eigenvalue weighted by Gasteiger charge is 2.33. The molecule has 1 aliphatic heterocycles. The van der Waals surface area contributed by atoms with E-state index in [0.717, 1.165) is 0 Å². The number of benzene rings is 1. The summed E-state index contributed by atoms with van der Waals surface area (Å²) < 4.78 is 4.75. The minimum Gasteiger partial charge on any atom is -0.408 e. The first-order valence-corrected chi connectivity index (χ1v) is 5.95. The van der Waals surface area contributed by atoms with Crippen molar-refractivity contribution in [2.75, 3.05) is 0 Å². The van der Waals surface area contributed by atoms with Crippen molar-refractivity contribution in [1.82, 2.24) is 5.06 Å². The lowest BCUT2D eigenvalue weighted by molar-refractivity contribution is -0.177. The van der Waals surface area contributed by atoms with Crippen LogP contribution in [0.2, 0.25) is 0 Å². The fraction of sp³-hybridized carbons (Fsp3) is 0.250.